The molecule has 32 heavy (non-hydrogen) atoms. The zero-order valence-electron chi connectivity index (χ0n) is 17.9. The molecule has 0 saturated carbocycles. The SMILES string of the molecule is CCOc1cc(/C=C/C(=O)c2cccc(Br)c2)ccc1OCC(=O)Nc1ccc(C)cc1. The van der Waals surface area contributed by atoms with E-state index in [0.29, 0.717) is 29.4 Å². The summed E-state index contributed by atoms with van der Waals surface area (Å²) in [4.78, 5) is 24.6. The highest BCUT2D eigenvalue weighted by Crippen LogP contribution is 2.29. The van der Waals surface area contributed by atoms with E-state index >= 15 is 0 Å². The summed E-state index contributed by atoms with van der Waals surface area (Å²) in [7, 11) is 0. The Morgan fingerprint density at radius 1 is 0.969 bits per heavy atom. The van der Waals surface area contributed by atoms with Crippen LogP contribution in [0.15, 0.2) is 77.3 Å². The fourth-order valence-corrected chi connectivity index (χ4v) is 3.30. The van der Waals surface area contributed by atoms with E-state index in [4.69, 9.17) is 9.47 Å². The normalized spacial score (nSPS) is 10.7. The van der Waals surface area contributed by atoms with Crippen LogP contribution in [-0.2, 0) is 4.79 Å². The van der Waals surface area contributed by atoms with Crippen molar-refractivity contribution >= 4 is 39.4 Å². The lowest BCUT2D eigenvalue weighted by atomic mass is 10.1. The second-order valence-electron chi connectivity index (χ2n) is 7.05. The molecule has 3 aromatic carbocycles. The first-order valence-electron chi connectivity index (χ1n) is 10.2. The summed E-state index contributed by atoms with van der Waals surface area (Å²) in [5.41, 5.74) is 3.21. The number of carbonyl (C=O) groups excluding carboxylic acids is 2. The van der Waals surface area contributed by atoms with Gasteiger partial charge in [-0.2, -0.15) is 0 Å². The van der Waals surface area contributed by atoms with E-state index in [-0.39, 0.29) is 18.3 Å². The molecule has 0 atom stereocenters. The van der Waals surface area contributed by atoms with Gasteiger partial charge in [0.1, 0.15) is 0 Å². The predicted octanol–water partition coefficient (Wildman–Crippen LogP) is 6.07. The number of aryl methyl sites for hydroxylation is 1. The van der Waals surface area contributed by atoms with Crippen LogP contribution in [0.3, 0.4) is 0 Å². The lowest BCUT2D eigenvalue weighted by Crippen LogP contribution is -2.20. The molecule has 3 rings (SSSR count). The van der Waals surface area contributed by atoms with E-state index < -0.39 is 0 Å². The first-order valence-corrected chi connectivity index (χ1v) is 11.0. The molecule has 3 aromatic rings. The van der Waals surface area contributed by atoms with E-state index in [1.165, 1.54) is 6.08 Å². The first kappa shape index (κ1) is 23.3. The summed E-state index contributed by atoms with van der Waals surface area (Å²) < 4.78 is 12.2. The molecule has 6 heteroatoms. The van der Waals surface area contributed by atoms with Crippen molar-refractivity contribution in [1.82, 2.24) is 0 Å². The molecule has 1 amide bonds. The maximum Gasteiger partial charge on any atom is 0.262 e. The molecule has 0 aliphatic rings. The van der Waals surface area contributed by atoms with Crippen LogP contribution in [0.1, 0.15) is 28.4 Å². The maximum atomic E-state index is 12.4. The van der Waals surface area contributed by atoms with Gasteiger partial charge in [0.25, 0.3) is 5.91 Å². The van der Waals surface area contributed by atoms with Crippen LogP contribution in [0.2, 0.25) is 0 Å². The number of nitrogens with one attached hydrogen (secondary N) is 1. The van der Waals surface area contributed by atoms with Crippen molar-refractivity contribution in [1.29, 1.82) is 0 Å². The Hall–Kier alpha value is -3.38. The average Bonchev–Trinajstić information content (AvgIpc) is 2.78. The lowest BCUT2D eigenvalue weighted by molar-refractivity contribution is -0.118. The number of anilines is 1. The zero-order chi connectivity index (χ0) is 22.9. The molecule has 5 nitrogen and oxygen atoms in total. The molecule has 0 bridgehead atoms. The second kappa shape index (κ2) is 11.3. The fourth-order valence-electron chi connectivity index (χ4n) is 2.90. The Bertz CT molecular complexity index is 1120. The van der Waals surface area contributed by atoms with Gasteiger partial charge in [-0.25, -0.2) is 0 Å². The van der Waals surface area contributed by atoms with Gasteiger partial charge < -0.3 is 14.8 Å². The molecule has 0 aliphatic carbocycles. The summed E-state index contributed by atoms with van der Waals surface area (Å²) >= 11 is 3.37. The van der Waals surface area contributed by atoms with Gasteiger partial charge >= 0.3 is 0 Å². The van der Waals surface area contributed by atoms with Gasteiger partial charge in [-0.05, 0) is 61.9 Å². The highest BCUT2D eigenvalue weighted by atomic mass is 79.9. The summed E-state index contributed by atoms with van der Waals surface area (Å²) in [6.07, 6.45) is 3.24. The van der Waals surface area contributed by atoms with Gasteiger partial charge in [-0.15, -0.1) is 0 Å². The van der Waals surface area contributed by atoms with Crippen LogP contribution >= 0.6 is 15.9 Å². The minimum atomic E-state index is -0.264. The van der Waals surface area contributed by atoms with Crippen molar-refractivity contribution in [3.8, 4) is 11.5 Å². The summed E-state index contributed by atoms with van der Waals surface area (Å²) in [6.45, 7) is 4.15. The largest absolute Gasteiger partial charge is 0.490 e. The quantitative estimate of drug-likeness (QED) is 0.290. The van der Waals surface area contributed by atoms with Crippen LogP contribution in [0.25, 0.3) is 6.08 Å². The Morgan fingerprint density at radius 3 is 2.47 bits per heavy atom. The third kappa shape index (κ3) is 6.82. The average molecular weight is 494 g/mol. The van der Waals surface area contributed by atoms with Crippen LogP contribution in [-0.4, -0.2) is 24.9 Å². The third-order valence-electron chi connectivity index (χ3n) is 4.50. The number of rotatable bonds is 9. The molecule has 0 fully saturated rings. The number of ether oxygens (including phenoxy) is 2. The minimum Gasteiger partial charge on any atom is -0.490 e. The Balaban J connectivity index is 1.65. The summed E-state index contributed by atoms with van der Waals surface area (Å²) in [5, 5.41) is 2.80. The third-order valence-corrected chi connectivity index (χ3v) is 4.99. The second-order valence-corrected chi connectivity index (χ2v) is 7.97. The molecule has 0 spiro atoms. The summed E-state index contributed by atoms with van der Waals surface area (Å²) in [5.74, 6) is 0.603. The number of hydrogen-bond acceptors (Lipinski definition) is 4. The molecular weight excluding hydrogens is 470 g/mol. The lowest BCUT2D eigenvalue weighted by Gasteiger charge is -2.13. The van der Waals surface area contributed by atoms with Gasteiger partial charge in [0, 0.05) is 15.7 Å². The number of amides is 1. The van der Waals surface area contributed by atoms with Crippen molar-refractivity contribution in [2.45, 2.75) is 13.8 Å². The van der Waals surface area contributed by atoms with Crippen molar-refractivity contribution in [2.24, 2.45) is 0 Å². The van der Waals surface area contributed by atoms with E-state index in [1.807, 2.05) is 50.2 Å². The Labute approximate surface area is 196 Å². The molecular formula is C26H24BrNO4. The molecule has 0 heterocycles. The number of benzene rings is 3. The van der Waals surface area contributed by atoms with E-state index in [0.717, 1.165) is 15.6 Å². The monoisotopic (exact) mass is 493 g/mol. The molecule has 1 N–H and O–H groups in total. The van der Waals surface area contributed by atoms with Crippen molar-refractivity contribution in [3.05, 3.63) is 94.0 Å². The first-order chi connectivity index (χ1) is 15.4. The highest BCUT2D eigenvalue weighted by molar-refractivity contribution is 9.10. The van der Waals surface area contributed by atoms with Crippen molar-refractivity contribution in [2.75, 3.05) is 18.5 Å². The molecule has 164 valence electrons. The Kier molecular flexibility index (Phi) is 8.22. The maximum absolute atomic E-state index is 12.4. The minimum absolute atomic E-state index is 0.0997. The highest BCUT2D eigenvalue weighted by Gasteiger charge is 2.10. The van der Waals surface area contributed by atoms with Crippen molar-refractivity contribution in [3.63, 3.8) is 0 Å². The van der Waals surface area contributed by atoms with Gasteiger partial charge in [0.15, 0.2) is 23.9 Å². The number of carbonyl (C=O) groups is 2. The van der Waals surface area contributed by atoms with E-state index in [2.05, 4.69) is 21.2 Å². The Morgan fingerprint density at radius 2 is 1.75 bits per heavy atom. The van der Waals surface area contributed by atoms with Crippen LogP contribution in [0, 0.1) is 6.92 Å². The fraction of sp³-hybridized carbons (Fsp3) is 0.154. The molecule has 0 radical (unpaired) electrons. The number of allylic oxidation sites excluding steroid dienone is 1. The molecule has 0 unspecified atom stereocenters. The zero-order valence-corrected chi connectivity index (χ0v) is 19.5. The van der Waals surface area contributed by atoms with Gasteiger partial charge in [0.05, 0.1) is 6.61 Å². The molecule has 0 aromatic heterocycles. The number of hydrogen-bond donors (Lipinski definition) is 1. The van der Waals surface area contributed by atoms with E-state index in [9.17, 15) is 9.59 Å². The smallest absolute Gasteiger partial charge is 0.262 e. The van der Waals surface area contributed by atoms with Crippen LogP contribution < -0.4 is 14.8 Å². The van der Waals surface area contributed by atoms with Gasteiger partial charge in [-0.1, -0.05) is 57.9 Å². The predicted molar refractivity (Wildman–Crippen MR) is 130 cm³/mol. The molecule has 0 saturated heterocycles. The van der Waals surface area contributed by atoms with Crippen LogP contribution in [0.5, 0.6) is 11.5 Å². The number of halogens is 1. The molecule has 0 aliphatic heterocycles. The standard InChI is InChI=1S/C26H24BrNO4/c1-3-31-25-15-19(9-13-23(29)20-5-4-6-21(27)16-20)10-14-24(25)32-17-26(30)28-22-11-7-18(2)8-12-22/h4-16H,3,17H2,1-2H3,(H,28,30)/b13-9+. The van der Waals surface area contributed by atoms with Crippen LogP contribution in [0.4, 0.5) is 5.69 Å². The van der Waals surface area contributed by atoms with Gasteiger partial charge in [-0.3, -0.25) is 9.59 Å². The summed E-state index contributed by atoms with van der Waals surface area (Å²) in [6, 6.07) is 20.1. The van der Waals surface area contributed by atoms with Gasteiger partial charge in [0.2, 0.25) is 0 Å². The van der Waals surface area contributed by atoms with E-state index in [1.54, 1.807) is 36.4 Å². The number of ketones is 1. The van der Waals surface area contributed by atoms with Crippen molar-refractivity contribution < 1.29 is 19.1 Å². The topological polar surface area (TPSA) is 64.6 Å².